The molecule has 1 fully saturated rings. The summed E-state index contributed by atoms with van der Waals surface area (Å²) in [4.78, 5) is 3.99. The Morgan fingerprint density at radius 3 is 2.70 bits per heavy atom. The van der Waals surface area contributed by atoms with Gasteiger partial charge in [-0.25, -0.2) is 18.1 Å². The highest BCUT2D eigenvalue weighted by atomic mass is 32.2. The maximum atomic E-state index is 12.4. The number of hydrogen-bond donors (Lipinski definition) is 3. The molecule has 0 spiro atoms. The standard InChI is InChI=1S/C13H21N3O3S/c1-2-14-12-4-3-9-15-13(12)20(18,19)16-10-5-7-11(17)8-6-10/h3-4,9-11,14,16-17H,2,5-8H2,1H3. The first-order valence-corrected chi connectivity index (χ1v) is 8.40. The lowest BCUT2D eigenvalue weighted by atomic mass is 9.94. The van der Waals surface area contributed by atoms with E-state index >= 15 is 0 Å². The van der Waals surface area contributed by atoms with E-state index in [-0.39, 0.29) is 17.2 Å². The van der Waals surface area contributed by atoms with Crippen molar-refractivity contribution in [2.75, 3.05) is 11.9 Å². The second-order valence-corrected chi connectivity index (χ2v) is 6.64. The molecule has 1 aromatic rings. The molecule has 0 saturated heterocycles. The minimum Gasteiger partial charge on any atom is -0.393 e. The van der Waals surface area contributed by atoms with Gasteiger partial charge >= 0.3 is 0 Å². The average molecular weight is 299 g/mol. The van der Waals surface area contributed by atoms with Crippen molar-refractivity contribution in [3.63, 3.8) is 0 Å². The number of aliphatic hydroxyl groups is 1. The van der Waals surface area contributed by atoms with Gasteiger partial charge in [0.1, 0.15) is 0 Å². The number of anilines is 1. The molecule has 1 saturated carbocycles. The molecule has 1 heterocycles. The molecule has 6 nitrogen and oxygen atoms in total. The fraction of sp³-hybridized carbons (Fsp3) is 0.615. The first-order chi connectivity index (χ1) is 9.53. The summed E-state index contributed by atoms with van der Waals surface area (Å²) in [6.45, 7) is 2.53. The van der Waals surface area contributed by atoms with Gasteiger partial charge in [0.25, 0.3) is 10.0 Å². The molecular formula is C13H21N3O3S. The molecule has 7 heteroatoms. The molecular weight excluding hydrogens is 278 g/mol. The summed E-state index contributed by atoms with van der Waals surface area (Å²) in [5.41, 5.74) is 0.512. The highest BCUT2D eigenvalue weighted by Crippen LogP contribution is 2.22. The molecule has 0 amide bonds. The second kappa shape index (κ2) is 6.51. The van der Waals surface area contributed by atoms with Crippen LogP contribution in [-0.4, -0.2) is 37.2 Å². The van der Waals surface area contributed by atoms with E-state index in [1.807, 2.05) is 6.92 Å². The lowest BCUT2D eigenvalue weighted by Gasteiger charge is -2.26. The van der Waals surface area contributed by atoms with Crippen LogP contribution >= 0.6 is 0 Å². The Labute approximate surface area is 119 Å². The number of hydrogen-bond acceptors (Lipinski definition) is 5. The maximum absolute atomic E-state index is 12.4. The zero-order valence-corrected chi connectivity index (χ0v) is 12.4. The van der Waals surface area contributed by atoms with Crippen LogP contribution in [0.15, 0.2) is 23.4 Å². The van der Waals surface area contributed by atoms with Gasteiger partial charge in [0.2, 0.25) is 0 Å². The van der Waals surface area contributed by atoms with Gasteiger partial charge in [0.05, 0.1) is 11.8 Å². The quantitative estimate of drug-likeness (QED) is 0.757. The molecule has 2 rings (SSSR count). The first kappa shape index (κ1) is 15.2. The Balaban J connectivity index is 2.14. The van der Waals surface area contributed by atoms with Gasteiger partial charge in [-0.05, 0) is 44.7 Å². The summed E-state index contributed by atoms with van der Waals surface area (Å²) in [7, 11) is -3.64. The lowest BCUT2D eigenvalue weighted by Crippen LogP contribution is -2.39. The fourth-order valence-corrected chi connectivity index (χ4v) is 3.81. The summed E-state index contributed by atoms with van der Waals surface area (Å²) in [6, 6.07) is 3.28. The zero-order valence-electron chi connectivity index (χ0n) is 11.5. The smallest absolute Gasteiger partial charge is 0.260 e. The SMILES string of the molecule is CCNc1cccnc1S(=O)(=O)NC1CCC(O)CC1. The molecule has 0 radical (unpaired) electrons. The molecule has 1 aliphatic carbocycles. The van der Waals surface area contributed by atoms with Crippen LogP contribution in [0.2, 0.25) is 0 Å². The Kier molecular flexibility index (Phi) is 4.95. The number of aromatic nitrogens is 1. The summed E-state index contributed by atoms with van der Waals surface area (Å²) in [5.74, 6) is 0. The van der Waals surface area contributed by atoms with Gasteiger partial charge in [-0.3, -0.25) is 0 Å². The Morgan fingerprint density at radius 1 is 1.35 bits per heavy atom. The third-order valence-electron chi connectivity index (χ3n) is 3.41. The predicted molar refractivity (Wildman–Crippen MR) is 77.0 cm³/mol. The molecule has 0 aliphatic heterocycles. The Hall–Kier alpha value is -1.18. The summed E-state index contributed by atoms with van der Waals surface area (Å²) >= 11 is 0. The summed E-state index contributed by atoms with van der Waals surface area (Å²) < 4.78 is 27.5. The molecule has 0 unspecified atom stereocenters. The number of sulfonamides is 1. The van der Waals surface area contributed by atoms with Crippen molar-refractivity contribution in [3.8, 4) is 0 Å². The van der Waals surface area contributed by atoms with E-state index < -0.39 is 10.0 Å². The molecule has 0 aromatic carbocycles. The van der Waals surface area contributed by atoms with Crippen LogP contribution in [0.1, 0.15) is 32.6 Å². The van der Waals surface area contributed by atoms with Crippen molar-refractivity contribution in [3.05, 3.63) is 18.3 Å². The van der Waals surface area contributed by atoms with Gasteiger partial charge in [0, 0.05) is 18.8 Å². The summed E-state index contributed by atoms with van der Waals surface area (Å²) in [5, 5.41) is 12.5. The Morgan fingerprint density at radius 2 is 2.05 bits per heavy atom. The summed E-state index contributed by atoms with van der Waals surface area (Å²) in [6.07, 6.45) is 3.75. The number of rotatable bonds is 5. The Bertz CT molecular complexity index is 540. The van der Waals surface area contributed by atoms with Crippen LogP contribution in [-0.2, 0) is 10.0 Å². The largest absolute Gasteiger partial charge is 0.393 e. The van der Waals surface area contributed by atoms with Crippen molar-refractivity contribution in [2.24, 2.45) is 0 Å². The minimum absolute atomic E-state index is 0.0352. The van der Waals surface area contributed by atoms with Crippen LogP contribution in [0.3, 0.4) is 0 Å². The van der Waals surface area contributed by atoms with Crippen LogP contribution in [0.25, 0.3) is 0 Å². The number of aliphatic hydroxyl groups excluding tert-OH is 1. The van der Waals surface area contributed by atoms with Crippen molar-refractivity contribution >= 4 is 15.7 Å². The second-order valence-electron chi connectivity index (χ2n) is 5.01. The molecule has 1 aromatic heterocycles. The molecule has 0 bridgehead atoms. The number of nitrogens with one attached hydrogen (secondary N) is 2. The first-order valence-electron chi connectivity index (χ1n) is 6.92. The highest BCUT2D eigenvalue weighted by Gasteiger charge is 2.27. The van der Waals surface area contributed by atoms with E-state index in [1.54, 1.807) is 12.1 Å². The van der Waals surface area contributed by atoms with Crippen LogP contribution in [0.4, 0.5) is 5.69 Å². The van der Waals surface area contributed by atoms with Crippen molar-refractivity contribution in [1.29, 1.82) is 0 Å². The van der Waals surface area contributed by atoms with Crippen molar-refractivity contribution < 1.29 is 13.5 Å². The van der Waals surface area contributed by atoms with Crippen LogP contribution < -0.4 is 10.0 Å². The van der Waals surface area contributed by atoms with E-state index in [0.29, 0.717) is 37.9 Å². The molecule has 1 aliphatic rings. The minimum atomic E-state index is -3.64. The number of pyridine rings is 1. The molecule has 3 N–H and O–H groups in total. The lowest BCUT2D eigenvalue weighted by molar-refractivity contribution is 0.120. The van der Waals surface area contributed by atoms with Crippen LogP contribution in [0, 0.1) is 0 Å². The van der Waals surface area contributed by atoms with Gasteiger partial charge in [0.15, 0.2) is 5.03 Å². The van der Waals surface area contributed by atoms with Crippen LogP contribution in [0.5, 0.6) is 0 Å². The molecule has 0 atom stereocenters. The third-order valence-corrected chi connectivity index (χ3v) is 4.89. The monoisotopic (exact) mass is 299 g/mol. The van der Waals surface area contributed by atoms with Crippen molar-refractivity contribution in [2.45, 2.75) is 49.8 Å². The average Bonchev–Trinajstić information content (AvgIpc) is 2.42. The predicted octanol–water partition coefficient (Wildman–Crippen LogP) is 1.10. The zero-order chi connectivity index (χ0) is 14.6. The normalized spacial score (nSPS) is 23.5. The molecule has 20 heavy (non-hydrogen) atoms. The van der Waals surface area contributed by atoms with Gasteiger partial charge in [-0.2, -0.15) is 0 Å². The highest BCUT2D eigenvalue weighted by molar-refractivity contribution is 7.89. The maximum Gasteiger partial charge on any atom is 0.260 e. The fourth-order valence-electron chi connectivity index (χ4n) is 2.40. The van der Waals surface area contributed by atoms with E-state index in [1.165, 1.54) is 6.20 Å². The van der Waals surface area contributed by atoms with E-state index in [2.05, 4.69) is 15.0 Å². The molecule has 112 valence electrons. The van der Waals surface area contributed by atoms with Crippen molar-refractivity contribution in [1.82, 2.24) is 9.71 Å². The van der Waals surface area contributed by atoms with Gasteiger partial charge < -0.3 is 10.4 Å². The van der Waals surface area contributed by atoms with Gasteiger partial charge in [-0.1, -0.05) is 0 Å². The third kappa shape index (κ3) is 3.68. The van der Waals surface area contributed by atoms with E-state index in [0.717, 1.165) is 0 Å². The van der Waals surface area contributed by atoms with Gasteiger partial charge in [-0.15, -0.1) is 0 Å². The topological polar surface area (TPSA) is 91.3 Å². The van der Waals surface area contributed by atoms with E-state index in [9.17, 15) is 13.5 Å². The van der Waals surface area contributed by atoms with E-state index in [4.69, 9.17) is 0 Å². The number of nitrogens with zero attached hydrogens (tertiary/aromatic N) is 1.